The normalized spacial score (nSPS) is 12.0. The molecule has 1 N–H and O–H groups in total. The van der Waals surface area contributed by atoms with Crippen LogP contribution < -0.4 is 9.62 Å². The average Bonchev–Trinajstić information content (AvgIpc) is 2.92. The third-order valence-electron chi connectivity index (χ3n) is 6.98. The van der Waals surface area contributed by atoms with Gasteiger partial charge in [0.1, 0.15) is 12.6 Å². The maximum atomic E-state index is 14.2. The lowest BCUT2D eigenvalue weighted by molar-refractivity contribution is -0.140. The molecule has 0 fully saturated rings. The summed E-state index contributed by atoms with van der Waals surface area (Å²) in [5.74, 6) is -0.854. The number of hydrogen-bond acceptors (Lipinski definition) is 4. The van der Waals surface area contributed by atoms with Crippen LogP contribution in [0.5, 0.6) is 0 Å². The molecule has 0 bridgehead atoms. The first-order valence-corrected chi connectivity index (χ1v) is 16.1. The summed E-state index contributed by atoms with van der Waals surface area (Å²) in [5.41, 5.74) is 3.50. The van der Waals surface area contributed by atoms with Gasteiger partial charge in [-0.15, -0.1) is 0 Å². The molecule has 220 valence electrons. The topological polar surface area (TPSA) is 86.8 Å². The minimum atomic E-state index is -3.85. The van der Waals surface area contributed by atoms with Crippen molar-refractivity contribution in [1.82, 2.24) is 10.2 Å². The summed E-state index contributed by atoms with van der Waals surface area (Å²) < 4.78 is 27.1. The molecule has 0 aliphatic rings. The van der Waals surface area contributed by atoms with Crippen LogP contribution in [0.1, 0.15) is 42.0 Å². The number of nitrogens with one attached hydrogen (secondary N) is 1. The molecule has 0 aliphatic carbocycles. The number of carbonyl (C=O) groups is 2. The van der Waals surface area contributed by atoms with E-state index in [1.807, 2.05) is 57.2 Å². The monoisotopic (exact) mass is 617 g/mol. The van der Waals surface area contributed by atoms with Crippen LogP contribution in [0, 0.1) is 13.8 Å². The smallest absolute Gasteiger partial charge is 0.244 e. The van der Waals surface area contributed by atoms with Gasteiger partial charge in [0.2, 0.25) is 21.8 Å². The molecule has 1 atom stereocenters. The highest BCUT2D eigenvalue weighted by Gasteiger charge is 2.33. The van der Waals surface area contributed by atoms with Gasteiger partial charge >= 0.3 is 0 Å². The Morgan fingerprint density at radius 2 is 1.68 bits per heavy atom. The highest BCUT2D eigenvalue weighted by Crippen LogP contribution is 2.27. The fourth-order valence-corrected chi connectivity index (χ4v) is 5.86. The van der Waals surface area contributed by atoms with Gasteiger partial charge in [0.25, 0.3) is 0 Å². The highest BCUT2D eigenvalue weighted by atomic mass is 35.5. The fourth-order valence-electron chi connectivity index (χ4n) is 4.49. The predicted octanol–water partition coefficient (Wildman–Crippen LogP) is 5.93. The molecule has 0 saturated carbocycles. The van der Waals surface area contributed by atoms with Crippen molar-refractivity contribution in [2.45, 2.75) is 52.6 Å². The lowest BCUT2D eigenvalue weighted by Gasteiger charge is -2.34. The largest absolute Gasteiger partial charge is 0.354 e. The van der Waals surface area contributed by atoms with E-state index in [4.69, 9.17) is 23.2 Å². The van der Waals surface area contributed by atoms with Crippen LogP contribution in [0.3, 0.4) is 0 Å². The number of carbonyl (C=O) groups excluding carboxylic acids is 2. The van der Waals surface area contributed by atoms with E-state index in [1.54, 1.807) is 30.3 Å². The van der Waals surface area contributed by atoms with E-state index in [9.17, 15) is 18.0 Å². The maximum absolute atomic E-state index is 14.2. The Balaban J connectivity index is 2.09. The van der Waals surface area contributed by atoms with E-state index in [0.29, 0.717) is 27.8 Å². The predicted molar refractivity (Wildman–Crippen MR) is 167 cm³/mol. The number of amides is 2. The molecule has 0 unspecified atom stereocenters. The Kier molecular flexibility index (Phi) is 11.6. The van der Waals surface area contributed by atoms with Crippen molar-refractivity contribution in [1.29, 1.82) is 0 Å². The van der Waals surface area contributed by atoms with Crippen molar-refractivity contribution in [3.8, 4) is 0 Å². The zero-order valence-electron chi connectivity index (χ0n) is 23.9. The van der Waals surface area contributed by atoms with Gasteiger partial charge in [0, 0.05) is 29.6 Å². The van der Waals surface area contributed by atoms with Gasteiger partial charge in [0.05, 0.1) is 11.9 Å². The molecule has 0 saturated heterocycles. The van der Waals surface area contributed by atoms with Crippen LogP contribution in [0.15, 0.2) is 66.7 Å². The minimum absolute atomic E-state index is 0.0159. The molecule has 0 heterocycles. The molecule has 3 aromatic carbocycles. The van der Waals surface area contributed by atoms with Crippen molar-refractivity contribution in [3.63, 3.8) is 0 Å². The minimum Gasteiger partial charge on any atom is -0.354 e. The molecule has 10 heteroatoms. The molecule has 0 radical (unpaired) electrons. The van der Waals surface area contributed by atoms with Crippen molar-refractivity contribution < 1.29 is 18.0 Å². The van der Waals surface area contributed by atoms with Gasteiger partial charge in [-0.05, 0) is 60.7 Å². The first-order chi connectivity index (χ1) is 19.4. The van der Waals surface area contributed by atoms with Crippen LogP contribution >= 0.6 is 23.2 Å². The third-order valence-corrected chi connectivity index (χ3v) is 8.69. The molecule has 0 aliphatic heterocycles. The van der Waals surface area contributed by atoms with Crippen molar-refractivity contribution in [2.24, 2.45) is 0 Å². The molecular weight excluding hydrogens is 581 g/mol. The average molecular weight is 619 g/mol. The van der Waals surface area contributed by atoms with E-state index in [1.165, 1.54) is 4.90 Å². The van der Waals surface area contributed by atoms with Crippen LogP contribution in [0.25, 0.3) is 0 Å². The van der Waals surface area contributed by atoms with E-state index >= 15 is 0 Å². The SMILES string of the molecule is CCCCNC(=O)[C@H](Cc1ccccc1)N(Cc1ccc(Cl)cc1Cl)C(=O)CN(c1cccc(C)c1C)S(C)(=O)=O. The summed E-state index contributed by atoms with van der Waals surface area (Å²) in [5, 5.41) is 3.74. The van der Waals surface area contributed by atoms with Gasteiger partial charge < -0.3 is 10.2 Å². The summed E-state index contributed by atoms with van der Waals surface area (Å²) in [4.78, 5) is 29.3. The van der Waals surface area contributed by atoms with Crippen molar-refractivity contribution in [2.75, 3.05) is 23.7 Å². The molecule has 3 aromatic rings. The number of aryl methyl sites for hydroxylation is 1. The second-order valence-corrected chi connectivity index (χ2v) is 12.8. The zero-order valence-corrected chi connectivity index (χ0v) is 26.2. The molecule has 0 spiro atoms. The first kappa shape index (κ1) is 32.4. The molecule has 41 heavy (non-hydrogen) atoms. The Morgan fingerprint density at radius 3 is 2.32 bits per heavy atom. The number of rotatable bonds is 13. The summed E-state index contributed by atoms with van der Waals surface area (Å²) in [6, 6.07) is 18.7. The van der Waals surface area contributed by atoms with Crippen molar-refractivity contribution >= 4 is 50.7 Å². The second-order valence-electron chi connectivity index (χ2n) is 10.1. The fraction of sp³-hybridized carbons (Fsp3) is 0.355. The third kappa shape index (κ3) is 8.96. The Bertz CT molecular complexity index is 1470. The number of benzene rings is 3. The summed E-state index contributed by atoms with van der Waals surface area (Å²) in [6.45, 7) is 5.69. The zero-order chi connectivity index (χ0) is 30.2. The summed E-state index contributed by atoms with van der Waals surface area (Å²) in [6.07, 6.45) is 2.99. The maximum Gasteiger partial charge on any atom is 0.244 e. The van der Waals surface area contributed by atoms with Crippen molar-refractivity contribution in [3.05, 3.63) is 99.0 Å². The Hall–Kier alpha value is -3.07. The van der Waals surface area contributed by atoms with Crippen LogP contribution in [0.2, 0.25) is 10.0 Å². The molecular formula is C31H37Cl2N3O4S. The van der Waals surface area contributed by atoms with Gasteiger partial charge in [-0.1, -0.05) is 85.1 Å². The van der Waals surface area contributed by atoms with Gasteiger partial charge in [-0.2, -0.15) is 0 Å². The van der Waals surface area contributed by atoms with E-state index in [0.717, 1.165) is 40.1 Å². The number of unbranched alkanes of at least 4 members (excludes halogenated alkanes) is 1. The van der Waals surface area contributed by atoms with E-state index in [2.05, 4.69) is 5.32 Å². The molecule has 3 rings (SSSR count). The quantitative estimate of drug-likeness (QED) is 0.241. The number of sulfonamides is 1. The lowest BCUT2D eigenvalue weighted by Crippen LogP contribution is -2.53. The second kappa shape index (κ2) is 14.7. The van der Waals surface area contributed by atoms with Crippen LogP contribution in [0.4, 0.5) is 5.69 Å². The Morgan fingerprint density at radius 1 is 0.976 bits per heavy atom. The summed E-state index contributed by atoms with van der Waals surface area (Å²) >= 11 is 12.6. The van der Waals surface area contributed by atoms with Gasteiger partial charge in [-0.25, -0.2) is 8.42 Å². The highest BCUT2D eigenvalue weighted by molar-refractivity contribution is 7.92. The van der Waals surface area contributed by atoms with Gasteiger partial charge in [-0.3, -0.25) is 13.9 Å². The van der Waals surface area contributed by atoms with E-state index < -0.39 is 28.5 Å². The Labute approximate surface area is 253 Å². The lowest BCUT2D eigenvalue weighted by atomic mass is 10.0. The van der Waals surface area contributed by atoms with Crippen LogP contribution in [-0.2, 0) is 32.6 Å². The molecule has 7 nitrogen and oxygen atoms in total. The van der Waals surface area contributed by atoms with Crippen LogP contribution in [-0.4, -0.2) is 50.5 Å². The number of anilines is 1. The summed E-state index contributed by atoms with van der Waals surface area (Å²) in [7, 11) is -3.85. The number of nitrogens with zero attached hydrogens (tertiary/aromatic N) is 2. The standard InChI is InChI=1S/C31H37Cl2N3O4S/c1-5-6-17-34-31(38)29(18-24-12-8-7-9-13-24)35(20-25-15-16-26(32)19-27(25)33)30(37)21-36(41(4,39)40)28-14-10-11-22(2)23(28)3/h7-16,19,29H,5-6,17-18,20-21H2,1-4H3,(H,34,38)/t29-/m0/s1. The molecule has 0 aromatic heterocycles. The molecule has 2 amide bonds. The van der Waals surface area contributed by atoms with Gasteiger partial charge in [0.15, 0.2) is 0 Å². The van der Waals surface area contributed by atoms with E-state index in [-0.39, 0.29) is 18.9 Å². The number of hydrogen-bond donors (Lipinski definition) is 1. The number of halogens is 2. The first-order valence-electron chi connectivity index (χ1n) is 13.5.